The first-order chi connectivity index (χ1) is 6.83. The van der Waals surface area contributed by atoms with Gasteiger partial charge in [0.1, 0.15) is 18.1 Å². The van der Waals surface area contributed by atoms with E-state index < -0.39 is 5.82 Å². The molecule has 0 atom stereocenters. The second-order valence-corrected chi connectivity index (χ2v) is 3.29. The van der Waals surface area contributed by atoms with E-state index in [9.17, 15) is 4.39 Å². The van der Waals surface area contributed by atoms with Crippen LogP contribution in [0.2, 0.25) is 0 Å². The van der Waals surface area contributed by atoms with Gasteiger partial charge in [-0.05, 0) is 11.4 Å². The van der Waals surface area contributed by atoms with Crippen LogP contribution in [0.1, 0.15) is 5.69 Å². The minimum Gasteiger partial charge on any atom is -0.233 e. The molecule has 0 saturated carbocycles. The standard InChI is InChI=1S/C9H4FN3S/c10-8-7(3-11)12-5-13-9(8)6-1-2-14-4-6/h1-2,4-5H. The highest BCUT2D eigenvalue weighted by Crippen LogP contribution is 2.23. The topological polar surface area (TPSA) is 49.6 Å². The number of nitrogens with zero attached hydrogens (tertiary/aromatic N) is 3. The molecule has 0 N–H and O–H groups in total. The zero-order valence-electron chi connectivity index (χ0n) is 6.94. The van der Waals surface area contributed by atoms with Crippen LogP contribution in [0.5, 0.6) is 0 Å². The molecule has 0 aliphatic rings. The minimum absolute atomic E-state index is 0.179. The Kier molecular flexibility index (Phi) is 2.21. The molecule has 0 radical (unpaired) electrons. The van der Waals surface area contributed by atoms with Gasteiger partial charge >= 0.3 is 0 Å². The molecule has 68 valence electrons. The van der Waals surface area contributed by atoms with E-state index in [1.54, 1.807) is 17.5 Å². The quantitative estimate of drug-likeness (QED) is 0.717. The number of nitriles is 1. The fraction of sp³-hybridized carbons (Fsp3) is 0. The van der Waals surface area contributed by atoms with Gasteiger partial charge in [-0.2, -0.15) is 16.6 Å². The fourth-order valence-corrected chi connectivity index (χ4v) is 1.69. The van der Waals surface area contributed by atoms with E-state index in [1.165, 1.54) is 17.7 Å². The van der Waals surface area contributed by atoms with E-state index in [0.717, 1.165) is 0 Å². The molecule has 0 aliphatic carbocycles. The average molecular weight is 205 g/mol. The third-order valence-corrected chi connectivity index (χ3v) is 2.37. The molecule has 2 heterocycles. The van der Waals surface area contributed by atoms with E-state index in [4.69, 9.17) is 5.26 Å². The number of hydrogen-bond donors (Lipinski definition) is 0. The lowest BCUT2D eigenvalue weighted by atomic mass is 10.2. The molecule has 2 aromatic heterocycles. The van der Waals surface area contributed by atoms with Crippen molar-refractivity contribution in [3.8, 4) is 17.3 Å². The zero-order valence-corrected chi connectivity index (χ0v) is 7.75. The smallest absolute Gasteiger partial charge is 0.185 e. The molecular weight excluding hydrogens is 201 g/mol. The molecule has 3 nitrogen and oxygen atoms in total. The first-order valence-corrected chi connectivity index (χ1v) is 4.70. The molecule has 0 aromatic carbocycles. The first-order valence-electron chi connectivity index (χ1n) is 3.76. The number of halogens is 1. The minimum atomic E-state index is -0.659. The summed E-state index contributed by atoms with van der Waals surface area (Å²) in [4.78, 5) is 7.32. The monoisotopic (exact) mass is 205 g/mol. The third kappa shape index (κ3) is 1.36. The van der Waals surface area contributed by atoms with Crippen LogP contribution in [-0.2, 0) is 0 Å². The van der Waals surface area contributed by atoms with Gasteiger partial charge in [0.05, 0.1) is 0 Å². The summed E-state index contributed by atoms with van der Waals surface area (Å²) in [5, 5.41) is 12.2. The third-order valence-electron chi connectivity index (χ3n) is 1.69. The van der Waals surface area contributed by atoms with Crippen molar-refractivity contribution in [2.75, 3.05) is 0 Å². The summed E-state index contributed by atoms with van der Waals surface area (Å²) in [5.41, 5.74) is 0.630. The van der Waals surface area contributed by atoms with Gasteiger partial charge in [0, 0.05) is 10.9 Å². The van der Waals surface area contributed by atoms with Crippen molar-refractivity contribution in [3.63, 3.8) is 0 Å². The Morgan fingerprint density at radius 1 is 1.43 bits per heavy atom. The predicted octanol–water partition coefficient (Wildman–Crippen LogP) is 2.22. The highest BCUT2D eigenvalue weighted by molar-refractivity contribution is 7.08. The van der Waals surface area contributed by atoms with Crippen LogP contribution in [0.15, 0.2) is 23.2 Å². The Bertz CT molecular complexity index is 487. The van der Waals surface area contributed by atoms with E-state index in [-0.39, 0.29) is 11.4 Å². The first kappa shape index (κ1) is 8.78. The maximum atomic E-state index is 13.5. The SMILES string of the molecule is N#Cc1ncnc(-c2ccsc2)c1F. The van der Waals surface area contributed by atoms with Gasteiger partial charge in [-0.15, -0.1) is 0 Å². The molecule has 0 spiro atoms. The Hall–Kier alpha value is -1.80. The summed E-state index contributed by atoms with van der Waals surface area (Å²) in [6.07, 6.45) is 1.19. The highest BCUT2D eigenvalue weighted by Gasteiger charge is 2.12. The van der Waals surface area contributed by atoms with Crippen molar-refractivity contribution in [2.24, 2.45) is 0 Å². The van der Waals surface area contributed by atoms with Gasteiger partial charge in [0.25, 0.3) is 0 Å². The molecule has 2 aromatic rings. The van der Waals surface area contributed by atoms with Crippen LogP contribution < -0.4 is 0 Å². The zero-order chi connectivity index (χ0) is 9.97. The second-order valence-electron chi connectivity index (χ2n) is 2.51. The van der Waals surface area contributed by atoms with Crippen LogP contribution in [0.3, 0.4) is 0 Å². The van der Waals surface area contributed by atoms with E-state index in [2.05, 4.69) is 9.97 Å². The summed E-state index contributed by atoms with van der Waals surface area (Å²) in [6, 6.07) is 3.42. The summed E-state index contributed by atoms with van der Waals surface area (Å²) in [7, 11) is 0. The molecule has 2 rings (SSSR count). The van der Waals surface area contributed by atoms with Crippen LogP contribution in [0.25, 0.3) is 11.3 Å². The van der Waals surface area contributed by atoms with E-state index in [1.807, 2.05) is 5.38 Å². The second kappa shape index (κ2) is 3.52. The van der Waals surface area contributed by atoms with Gasteiger partial charge in [-0.3, -0.25) is 0 Å². The predicted molar refractivity (Wildman–Crippen MR) is 50.0 cm³/mol. The Morgan fingerprint density at radius 2 is 2.29 bits per heavy atom. The van der Waals surface area contributed by atoms with E-state index >= 15 is 0 Å². The molecule has 14 heavy (non-hydrogen) atoms. The Balaban J connectivity index is 2.61. The number of hydrogen-bond acceptors (Lipinski definition) is 4. The molecular formula is C9H4FN3S. The number of aromatic nitrogens is 2. The van der Waals surface area contributed by atoms with Crippen LogP contribution in [0, 0.1) is 17.1 Å². The molecule has 0 amide bonds. The lowest BCUT2D eigenvalue weighted by Gasteiger charge is -1.98. The van der Waals surface area contributed by atoms with Gasteiger partial charge < -0.3 is 0 Å². The molecule has 0 aliphatic heterocycles. The Morgan fingerprint density at radius 3 is 2.93 bits per heavy atom. The van der Waals surface area contributed by atoms with Crippen molar-refractivity contribution in [1.82, 2.24) is 9.97 Å². The maximum Gasteiger partial charge on any atom is 0.185 e. The normalized spacial score (nSPS) is 9.71. The summed E-state index contributed by atoms with van der Waals surface area (Å²) < 4.78 is 13.5. The maximum absolute atomic E-state index is 13.5. The van der Waals surface area contributed by atoms with Gasteiger partial charge in [-0.1, -0.05) is 0 Å². The molecule has 0 bridgehead atoms. The molecule has 0 unspecified atom stereocenters. The van der Waals surface area contributed by atoms with Gasteiger partial charge in [0.2, 0.25) is 0 Å². The van der Waals surface area contributed by atoms with Crippen LogP contribution >= 0.6 is 11.3 Å². The summed E-state index contributed by atoms with van der Waals surface area (Å²) in [5.74, 6) is -0.659. The van der Waals surface area contributed by atoms with Gasteiger partial charge in [-0.25, -0.2) is 14.4 Å². The van der Waals surface area contributed by atoms with Crippen molar-refractivity contribution >= 4 is 11.3 Å². The average Bonchev–Trinajstić information content (AvgIpc) is 2.71. The van der Waals surface area contributed by atoms with Crippen molar-refractivity contribution in [3.05, 3.63) is 34.7 Å². The largest absolute Gasteiger partial charge is 0.233 e. The Labute approximate surface area is 83.5 Å². The number of thiophene rings is 1. The van der Waals surface area contributed by atoms with Crippen LogP contribution in [-0.4, -0.2) is 9.97 Å². The summed E-state index contributed by atoms with van der Waals surface area (Å²) >= 11 is 1.45. The van der Waals surface area contributed by atoms with E-state index in [0.29, 0.717) is 5.56 Å². The summed E-state index contributed by atoms with van der Waals surface area (Å²) in [6.45, 7) is 0. The molecule has 5 heteroatoms. The van der Waals surface area contributed by atoms with Crippen molar-refractivity contribution < 1.29 is 4.39 Å². The molecule has 0 fully saturated rings. The van der Waals surface area contributed by atoms with Crippen LogP contribution in [0.4, 0.5) is 4.39 Å². The lowest BCUT2D eigenvalue weighted by Crippen LogP contribution is -1.95. The lowest BCUT2D eigenvalue weighted by molar-refractivity contribution is 0.613. The fourth-order valence-electron chi connectivity index (χ4n) is 1.05. The van der Waals surface area contributed by atoms with Gasteiger partial charge in [0.15, 0.2) is 11.5 Å². The van der Waals surface area contributed by atoms with Crippen molar-refractivity contribution in [1.29, 1.82) is 5.26 Å². The molecule has 0 saturated heterocycles. The van der Waals surface area contributed by atoms with Crippen molar-refractivity contribution in [2.45, 2.75) is 0 Å². The highest BCUT2D eigenvalue weighted by atomic mass is 32.1. The number of rotatable bonds is 1.